The summed E-state index contributed by atoms with van der Waals surface area (Å²) in [5.74, 6) is -0.487. The number of aromatic nitrogens is 1. The number of hydrogen-bond acceptors (Lipinski definition) is 6. The van der Waals surface area contributed by atoms with Crippen molar-refractivity contribution >= 4 is 17.2 Å². The number of Topliss-reactive ketones (excluding diaryl/α,β-unsaturated/α-hetero) is 1. The van der Waals surface area contributed by atoms with Crippen molar-refractivity contribution in [2.45, 2.75) is 20.4 Å². The molecule has 0 atom stereocenters. The van der Waals surface area contributed by atoms with Gasteiger partial charge < -0.3 is 5.11 Å². The molecule has 0 bridgehead atoms. The van der Waals surface area contributed by atoms with Crippen LogP contribution in [0, 0.1) is 18.3 Å². The van der Waals surface area contributed by atoms with Gasteiger partial charge in [-0.05, 0) is 38.1 Å². The molecule has 0 spiro atoms. The van der Waals surface area contributed by atoms with Gasteiger partial charge in [-0.2, -0.15) is 10.4 Å². The highest BCUT2D eigenvalue weighted by Gasteiger charge is 2.18. The summed E-state index contributed by atoms with van der Waals surface area (Å²) in [5.41, 5.74) is 0.590. The Morgan fingerprint density at radius 2 is 2.00 bits per heavy atom. The molecule has 0 aliphatic heterocycles. The van der Waals surface area contributed by atoms with Crippen molar-refractivity contribution in [3.05, 3.63) is 64.0 Å². The van der Waals surface area contributed by atoms with E-state index in [0.717, 1.165) is 4.57 Å². The summed E-state index contributed by atoms with van der Waals surface area (Å²) in [6.45, 7) is 6.54. The largest absolute Gasteiger partial charge is 0.493 e. The number of rotatable bonds is 5. The van der Waals surface area contributed by atoms with Crippen LogP contribution in [0.1, 0.15) is 28.4 Å². The normalized spacial score (nSPS) is 10.6. The van der Waals surface area contributed by atoms with E-state index in [0.29, 0.717) is 11.3 Å². The van der Waals surface area contributed by atoms with Crippen LogP contribution < -0.4 is 5.56 Å². The number of aromatic hydroxyl groups is 1. The topological polar surface area (TPSA) is 108 Å². The average Bonchev–Trinajstić information content (AvgIpc) is 2.59. The number of benzene rings is 1. The maximum absolute atomic E-state index is 12.5. The minimum Gasteiger partial charge on any atom is -0.493 e. The lowest BCUT2D eigenvalue weighted by Crippen LogP contribution is -2.21. The van der Waals surface area contributed by atoms with Crippen molar-refractivity contribution in [2.24, 2.45) is 10.2 Å². The number of nitrogens with zero attached hydrogens (tertiary/aromatic N) is 4. The summed E-state index contributed by atoms with van der Waals surface area (Å²) in [6.07, 6.45) is 1.43. The molecule has 1 heterocycles. The van der Waals surface area contributed by atoms with Crippen molar-refractivity contribution in [3.63, 3.8) is 0 Å². The fourth-order valence-corrected chi connectivity index (χ4v) is 2.23. The summed E-state index contributed by atoms with van der Waals surface area (Å²) in [7, 11) is 0. The van der Waals surface area contributed by atoms with Crippen molar-refractivity contribution in [3.8, 4) is 11.9 Å². The molecule has 0 saturated heterocycles. The van der Waals surface area contributed by atoms with Gasteiger partial charge in [-0.15, -0.1) is 11.7 Å². The molecule has 0 radical (unpaired) electrons. The smallest absolute Gasteiger partial charge is 0.281 e. The summed E-state index contributed by atoms with van der Waals surface area (Å²) < 4.78 is 1.01. The standard InChI is InChI=1S/C18H16N4O3/c1-4-9-22-17(24)15(10-19)11(2)16(18(22)25)21-20-14-7-5-13(6-8-14)12(3)23/h4-8,24H,1,9H2,2-3H3. The van der Waals surface area contributed by atoms with Crippen LogP contribution >= 0.6 is 0 Å². The predicted octanol–water partition coefficient (Wildman–Crippen LogP) is 3.54. The lowest BCUT2D eigenvalue weighted by molar-refractivity contribution is 0.101. The number of carbonyl (C=O) groups is 1. The minimum absolute atomic E-state index is 0.0353. The van der Waals surface area contributed by atoms with E-state index in [-0.39, 0.29) is 29.1 Å². The van der Waals surface area contributed by atoms with E-state index in [1.54, 1.807) is 24.3 Å². The lowest BCUT2D eigenvalue weighted by atomic mass is 10.1. The van der Waals surface area contributed by atoms with Crippen LogP contribution in [0.4, 0.5) is 11.4 Å². The second kappa shape index (κ2) is 7.36. The summed E-state index contributed by atoms with van der Waals surface area (Å²) in [5, 5.41) is 27.2. The van der Waals surface area contributed by atoms with Crippen LogP contribution in [0.15, 0.2) is 51.9 Å². The number of ketones is 1. The Morgan fingerprint density at radius 3 is 2.52 bits per heavy atom. The minimum atomic E-state index is -0.571. The van der Waals surface area contributed by atoms with E-state index in [9.17, 15) is 20.0 Å². The van der Waals surface area contributed by atoms with Crippen LogP contribution in [-0.4, -0.2) is 15.5 Å². The third-order valence-electron chi connectivity index (χ3n) is 3.62. The second-order valence-corrected chi connectivity index (χ2v) is 5.29. The fraction of sp³-hybridized carbons (Fsp3) is 0.167. The van der Waals surface area contributed by atoms with Gasteiger partial charge in [0.1, 0.15) is 11.6 Å². The van der Waals surface area contributed by atoms with Crippen molar-refractivity contribution < 1.29 is 9.90 Å². The van der Waals surface area contributed by atoms with E-state index < -0.39 is 11.4 Å². The van der Waals surface area contributed by atoms with Crippen LogP contribution in [0.2, 0.25) is 0 Å². The Labute approximate surface area is 144 Å². The van der Waals surface area contributed by atoms with Crippen molar-refractivity contribution in [1.82, 2.24) is 4.57 Å². The monoisotopic (exact) mass is 336 g/mol. The van der Waals surface area contributed by atoms with Crippen LogP contribution in [0.5, 0.6) is 5.88 Å². The molecule has 126 valence electrons. The van der Waals surface area contributed by atoms with Crippen molar-refractivity contribution in [1.29, 1.82) is 5.26 Å². The average molecular weight is 336 g/mol. The molecule has 1 aromatic carbocycles. The van der Waals surface area contributed by atoms with Crippen LogP contribution in [-0.2, 0) is 6.54 Å². The molecule has 1 aromatic heterocycles. The second-order valence-electron chi connectivity index (χ2n) is 5.29. The number of nitriles is 1. The van der Waals surface area contributed by atoms with Crippen molar-refractivity contribution in [2.75, 3.05) is 0 Å². The Kier molecular flexibility index (Phi) is 5.25. The number of pyridine rings is 1. The zero-order valence-corrected chi connectivity index (χ0v) is 13.9. The predicted molar refractivity (Wildman–Crippen MR) is 92.6 cm³/mol. The number of carbonyl (C=O) groups excluding carboxylic acids is 1. The highest BCUT2D eigenvalue weighted by Crippen LogP contribution is 2.26. The maximum atomic E-state index is 12.5. The van der Waals surface area contributed by atoms with Gasteiger partial charge in [-0.3, -0.25) is 14.2 Å². The molecule has 2 aromatic rings. The quantitative estimate of drug-likeness (QED) is 0.512. The van der Waals surface area contributed by atoms with E-state index in [1.165, 1.54) is 19.9 Å². The van der Waals surface area contributed by atoms with E-state index in [1.807, 2.05) is 6.07 Å². The van der Waals surface area contributed by atoms with Gasteiger partial charge in [0.2, 0.25) is 5.88 Å². The molecule has 2 rings (SSSR count). The maximum Gasteiger partial charge on any atom is 0.281 e. The van der Waals surface area contributed by atoms with E-state index >= 15 is 0 Å². The van der Waals surface area contributed by atoms with Gasteiger partial charge in [0, 0.05) is 17.7 Å². The lowest BCUT2D eigenvalue weighted by Gasteiger charge is -2.11. The first-order valence-electron chi connectivity index (χ1n) is 7.40. The van der Waals surface area contributed by atoms with Gasteiger partial charge in [-0.1, -0.05) is 6.08 Å². The zero-order chi connectivity index (χ0) is 18.6. The number of azo groups is 1. The third kappa shape index (κ3) is 3.53. The van der Waals surface area contributed by atoms with Gasteiger partial charge in [0.25, 0.3) is 5.56 Å². The molecule has 0 aliphatic rings. The summed E-state index contributed by atoms with van der Waals surface area (Å²) >= 11 is 0. The van der Waals surface area contributed by atoms with Gasteiger partial charge >= 0.3 is 0 Å². The molecule has 0 aliphatic carbocycles. The summed E-state index contributed by atoms with van der Waals surface area (Å²) in [6, 6.07) is 8.28. The summed E-state index contributed by atoms with van der Waals surface area (Å²) in [4.78, 5) is 23.7. The Morgan fingerprint density at radius 1 is 1.36 bits per heavy atom. The first-order chi connectivity index (χ1) is 11.9. The Bertz CT molecular complexity index is 964. The highest BCUT2D eigenvalue weighted by molar-refractivity contribution is 5.94. The molecule has 0 fully saturated rings. The molecule has 1 N–H and O–H groups in total. The van der Waals surface area contributed by atoms with Gasteiger partial charge in [-0.25, -0.2) is 0 Å². The Balaban J connectivity index is 2.53. The molecule has 7 heteroatoms. The third-order valence-corrected chi connectivity index (χ3v) is 3.62. The molecular formula is C18H16N4O3. The first kappa shape index (κ1) is 17.8. The SMILES string of the molecule is C=CCn1c(O)c(C#N)c(C)c(N=Nc2ccc(C(C)=O)cc2)c1=O. The molecule has 0 unspecified atom stereocenters. The number of allylic oxidation sites excluding steroid dienone is 1. The van der Waals surface area contributed by atoms with Crippen LogP contribution in [0.3, 0.4) is 0 Å². The van der Waals surface area contributed by atoms with Crippen LogP contribution in [0.25, 0.3) is 0 Å². The molecule has 0 saturated carbocycles. The Hall–Kier alpha value is -3.53. The van der Waals surface area contributed by atoms with Gasteiger partial charge in [0.05, 0.1) is 5.69 Å². The number of hydrogen-bond donors (Lipinski definition) is 1. The first-order valence-corrected chi connectivity index (χ1v) is 7.40. The molecule has 25 heavy (non-hydrogen) atoms. The zero-order valence-electron chi connectivity index (χ0n) is 13.9. The van der Waals surface area contributed by atoms with Gasteiger partial charge in [0.15, 0.2) is 11.5 Å². The van der Waals surface area contributed by atoms with E-state index in [2.05, 4.69) is 16.8 Å². The molecular weight excluding hydrogens is 320 g/mol. The molecule has 7 nitrogen and oxygen atoms in total. The highest BCUT2D eigenvalue weighted by atomic mass is 16.3. The molecule has 0 amide bonds. The fourth-order valence-electron chi connectivity index (χ4n) is 2.23. The van der Waals surface area contributed by atoms with E-state index in [4.69, 9.17) is 0 Å².